The molecule has 0 saturated heterocycles. The van der Waals surface area contributed by atoms with E-state index in [0.29, 0.717) is 6.61 Å². The van der Waals surface area contributed by atoms with Crippen LogP contribution >= 0.6 is 15.9 Å². The van der Waals surface area contributed by atoms with Crippen LogP contribution in [0.5, 0.6) is 5.75 Å². The highest BCUT2D eigenvalue weighted by atomic mass is 79.9. The summed E-state index contributed by atoms with van der Waals surface area (Å²) in [6.07, 6.45) is 0. The van der Waals surface area contributed by atoms with Crippen molar-refractivity contribution < 1.29 is 4.74 Å². The quantitative estimate of drug-likeness (QED) is 0.537. The molecule has 0 N–H and O–H groups in total. The lowest BCUT2D eigenvalue weighted by Crippen LogP contribution is -2.51. The van der Waals surface area contributed by atoms with Crippen molar-refractivity contribution in [3.63, 3.8) is 0 Å². The maximum Gasteiger partial charge on any atom is 0.120 e. The number of rotatable bonds is 6. The van der Waals surface area contributed by atoms with Gasteiger partial charge in [-0.2, -0.15) is 0 Å². The van der Waals surface area contributed by atoms with Crippen LogP contribution in [0.25, 0.3) is 0 Å². The zero-order valence-corrected chi connectivity index (χ0v) is 17.4. The van der Waals surface area contributed by atoms with Crippen molar-refractivity contribution in [3.05, 3.63) is 89.4 Å². The Hall–Kier alpha value is -1.84. The van der Waals surface area contributed by atoms with E-state index >= 15 is 0 Å². The summed E-state index contributed by atoms with van der Waals surface area (Å²) in [5, 5.41) is 2.98. The van der Waals surface area contributed by atoms with Gasteiger partial charge in [0, 0.05) is 4.47 Å². The summed E-state index contributed by atoms with van der Waals surface area (Å²) in [6.45, 7) is 5.37. The molecule has 3 aromatic rings. The molecule has 3 heteroatoms. The van der Waals surface area contributed by atoms with Gasteiger partial charge >= 0.3 is 0 Å². The van der Waals surface area contributed by atoms with Crippen molar-refractivity contribution in [2.24, 2.45) is 0 Å². The van der Waals surface area contributed by atoms with E-state index < -0.39 is 8.80 Å². The average molecular weight is 411 g/mol. The van der Waals surface area contributed by atoms with E-state index in [0.717, 1.165) is 10.2 Å². The van der Waals surface area contributed by atoms with Crippen molar-refractivity contribution in [2.45, 2.75) is 18.9 Å². The molecule has 0 aromatic heterocycles. The lowest BCUT2D eigenvalue weighted by molar-refractivity contribution is 0.277. The van der Waals surface area contributed by atoms with Crippen LogP contribution in [0.3, 0.4) is 0 Å². The molecule has 3 rings (SSSR count). The Morgan fingerprint density at radius 1 is 0.800 bits per heavy atom. The summed E-state index contributed by atoms with van der Waals surface area (Å²) < 4.78 is 7.22. The van der Waals surface area contributed by atoms with Crippen molar-refractivity contribution in [3.8, 4) is 5.75 Å². The van der Waals surface area contributed by atoms with Gasteiger partial charge in [0.15, 0.2) is 0 Å². The van der Waals surface area contributed by atoms with E-state index in [9.17, 15) is 0 Å². The third kappa shape index (κ3) is 4.62. The van der Waals surface area contributed by atoms with Crippen molar-refractivity contribution in [2.75, 3.05) is 6.61 Å². The molecule has 0 heterocycles. The van der Waals surface area contributed by atoms with Crippen LogP contribution in [0.1, 0.15) is 13.8 Å². The molecule has 0 saturated carbocycles. The first-order valence-electron chi connectivity index (χ1n) is 8.54. The first-order chi connectivity index (χ1) is 12.1. The SMILES string of the molecule is CC(C)(COc1cccc(Br)c1)[SiH](c1ccccc1)c1ccccc1. The number of hydrogen-bond donors (Lipinski definition) is 0. The van der Waals surface area contributed by atoms with Crippen LogP contribution in [-0.2, 0) is 0 Å². The molecule has 3 aromatic carbocycles. The Kier molecular flexibility index (Phi) is 5.77. The van der Waals surface area contributed by atoms with E-state index in [2.05, 4.69) is 90.4 Å². The molecular formula is C22H23BrOSi. The largest absolute Gasteiger partial charge is 0.493 e. The van der Waals surface area contributed by atoms with E-state index in [1.807, 2.05) is 24.3 Å². The van der Waals surface area contributed by atoms with E-state index in [4.69, 9.17) is 4.74 Å². The van der Waals surface area contributed by atoms with Crippen LogP contribution in [0.2, 0.25) is 5.04 Å². The number of halogens is 1. The molecular weight excluding hydrogens is 388 g/mol. The second kappa shape index (κ2) is 8.02. The van der Waals surface area contributed by atoms with Crippen molar-refractivity contribution in [1.29, 1.82) is 0 Å². The van der Waals surface area contributed by atoms with Crippen LogP contribution in [0.15, 0.2) is 89.4 Å². The van der Waals surface area contributed by atoms with Gasteiger partial charge in [-0.1, -0.05) is 107 Å². The third-order valence-electron chi connectivity index (χ3n) is 4.45. The zero-order valence-electron chi connectivity index (χ0n) is 14.7. The Balaban J connectivity index is 1.89. The molecule has 0 amide bonds. The maximum absolute atomic E-state index is 6.18. The van der Waals surface area contributed by atoms with Gasteiger partial charge in [-0.25, -0.2) is 0 Å². The van der Waals surface area contributed by atoms with E-state index in [-0.39, 0.29) is 5.04 Å². The zero-order chi connectivity index (χ0) is 17.7. The fourth-order valence-electron chi connectivity index (χ4n) is 3.30. The molecule has 25 heavy (non-hydrogen) atoms. The van der Waals surface area contributed by atoms with E-state index in [1.54, 1.807) is 0 Å². The molecule has 0 fully saturated rings. The fourth-order valence-corrected chi connectivity index (χ4v) is 7.33. The summed E-state index contributed by atoms with van der Waals surface area (Å²) in [5.74, 6) is 0.913. The number of ether oxygens (including phenoxy) is 1. The highest BCUT2D eigenvalue weighted by Gasteiger charge is 2.34. The topological polar surface area (TPSA) is 9.23 Å². The molecule has 0 bridgehead atoms. The minimum Gasteiger partial charge on any atom is -0.493 e. The predicted octanol–water partition coefficient (Wildman–Crippen LogP) is 4.65. The summed E-state index contributed by atoms with van der Waals surface area (Å²) >= 11 is 3.51. The second-order valence-electron chi connectivity index (χ2n) is 6.99. The smallest absolute Gasteiger partial charge is 0.120 e. The maximum atomic E-state index is 6.18. The summed E-state index contributed by atoms with van der Waals surface area (Å²) in [6, 6.07) is 29.9. The van der Waals surface area contributed by atoms with Crippen LogP contribution < -0.4 is 15.1 Å². The predicted molar refractivity (Wildman–Crippen MR) is 113 cm³/mol. The average Bonchev–Trinajstić information content (AvgIpc) is 2.62. The van der Waals surface area contributed by atoms with Crippen LogP contribution in [-0.4, -0.2) is 15.4 Å². The fraction of sp³-hybridized carbons (Fsp3) is 0.182. The molecule has 0 radical (unpaired) electrons. The molecule has 0 unspecified atom stereocenters. The Morgan fingerprint density at radius 2 is 1.36 bits per heavy atom. The summed E-state index contributed by atoms with van der Waals surface area (Å²) in [5.41, 5.74) is 0. The van der Waals surface area contributed by atoms with Gasteiger partial charge in [0.25, 0.3) is 0 Å². The van der Waals surface area contributed by atoms with Gasteiger partial charge in [0.2, 0.25) is 0 Å². The molecule has 0 spiro atoms. The normalized spacial score (nSPS) is 11.5. The highest BCUT2D eigenvalue weighted by molar-refractivity contribution is 9.10. The molecule has 0 aliphatic carbocycles. The molecule has 1 nitrogen and oxygen atoms in total. The molecule has 0 aliphatic heterocycles. The standard InChI is InChI=1S/C22H23BrOSi/c1-22(2,17-24-19-11-9-10-18(23)16-19)25(20-12-5-3-6-13-20)21-14-7-4-8-15-21/h3-16,25H,17H2,1-2H3. The lowest BCUT2D eigenvalue weighted by atomic mass is 10.2. The van der Waals surface area contributed by atoms with Crippen molar-refractivity contribution in [1.82, 2.24) is 0 Å². The Bertz CT molecular complexity index is 763. The minimum absolute atomic E-state index is 0.0744. The summed E-state index contributed by atoms with van der Waals surface area (Å²) in [7, 11) is -1.45. The monoisotopic (exact) mass is 410 g/mol. The van der Waals surface area contributed by atoms with Crippen molar-refractivity contribution >= 4 is 35.1 Å². The molecule has 0 aliphatic rings. The Morgan fingerprint density at radius 3 is 1.88 bits per heavy atom. The van der Waals surface area contributed by atoms with Gasteiger partial charge in [-0.15, -0.1) is 0 Å². The Labute approximate surface area is 160 Å². The summed E-state index contributed by atoms with van der Waals surface area (Å²) in [4.78, 5) is 0. The first-order valence-corrected chi connectivity index (χ1v) is 11.1. The van der Waals surface area contributed by atoms with Gasteiger partial charge in [0.1, 0.15) is 14.5 Å². The van der Waals surface area contributed by atoms with Crippen LogP contribution in [0, 0.1) is 0 Å². The van der Waals surface area contributed by atoms with E-state index in [1.165, 1.54) is 10.4 Å². The molecule has 128 valence electrons. The second-order valence-corrected chi connectivity index (χ2v) is 11.7. The first kappa shape index (κ1) is 18.0. The number of hydrogen-bond acceptors (Lipinski definition) is 1. The van der Waals surface area contributed by atoms with Crippen LogP contribution in [0.4, 0.5) is 0 Å². The minimum atomic E-state index is -1.45. The highest BCUT2D eigenvalue weighted by Crippen LogP contribution is 2.30. The number of benzene rings is 3. The van der Waals surface area contributed by atoms with Gasteiger partial charge in [-0.05, 0) is 23.2 Å². The third-order valence-corrected chi connectivity index (χ3v) is 8.78. The van der Waals surface area contributed by atoms with Gasteiger partial charge in [-0.3, -0.25) is 0 Å². The van der Waals surface area contributed by atoms with Gasteiger partial charge in [0.05, 0.1) is 6.61 Å². The lowest BCUT2D eigenvalue weighted by Gasteiger charge is -2.34. The van der Waals surface area contributed by atoms with Gasteiger partial charge < -0.3 is 4.74 Å². The molecule has 0 atom stereocenters.